The normalized spacial score (nSPS) is 10.1. The predicted octanol–water partition coefficient (Wildman–Crippen LogP) is 2.44. The molecule has 0 saturated heterocycles. The van der Waals surface area contributed by atoms with Gasteiger partial charge in [0.15, 0.2) is 0 Å². The minimum Gasteiger partial charge on any atom is -0.457 e. The molecule has 0 heterocycles. The number of benzene rings is 2. The first kappa shape index (κ1) is 15.9. The van der Waals surface area contributed by atoms with E-state index in [1.165, 1.54) is 30.3 Å². The molecule has 0 atom stereocenters. The summed E-state index contributed by atoms with van der Waals surface area (Å²) in [6.07, 6.45) is 0. The van der Waals surface area contributed by atoms with Crippen LogP contribution in [0.5, 0.6) is 0 Å². The smallest absolute Gasteiger partial charge is 0.340 e. The molecule has 0 bridgehead atoms. The molecule has 9 heteroatoms. The number of anilines is 1. The number of carbonyl (C=O) groups excluding carboxylic acids is 1. The Bertz CT molecular complexity index is 790. The van der Waals surface area contributed by atoms with Crippen LogP contribution in [0.4, 0.5) is 17.1 Å². The fraction of sp³-hybridized carbons (Fsp3) is 0.0714. The fourth-order valence-electron chi connectivity index (χ4n) is 1.82. The second-order valence-corrected chi connectivity index (χ2v) is 4.53. The molecule has 0 amide bonds. The number of nitro groups is 2. The second-order valence-electron chi connectivity index (χ2n) is 4.53. The number of rotatable bonds is 5. The van der Waals surface area contributed by atoms with Gasteiger partial charge in [0.1, 0.15) is 6.61 Å². The van der Waals surface area contributed by atoms with Crippen molar-refractivity contribution in [3.8, 4) is 0 Å². The summed E-state index contributed by atoms with van der Waals surface area (Å²) in [6.45, 7) is -0.220. The number of nitrogen functional groups attached to an aromatic ring is 1. The summed E-state index contributed by atoms with van der Waals surface area (Å²) in [5, 5.41) is 21.4. The van der Waals surface area contributed by atoms with Gasteiger partial charge in [-0.1, -0.05) is 12.1 Å². The summed E-state index contributed by atoms with van der Waals surface area (Å²) in [6, 6.07) is 9.02. The highest BCUT2D eigenvalue weighted by molar-refractivity contribution is 5.95. The Hall–Kier alpha value is -3.49. The van der Waals surface area contributed by atoms with Crippen molar-refractivity contribution in [3.63, 3.8) is 0 Å². The van der Waals surface area contributed by atoms with E-state index in [1.807, 2.05) is 0 Å². The first-order chi connectivity index (χ1) is 10.9. The third-order valence-corrected chi connectivity index (χ3v) is 2.96. The molecule has 0 fully saturated rings. The Labute approximate surface area is 129 Å². The Morgan fingerprint density at radius 2 is 1.70 bits per heavy atom. The maximum absolute atomic E-state index is 12.0. The van der Waals surface area contributed by atoms with Crippen molar-refractivity contribution in [1.82, 2.24) is 0 Å². The lowest BCUT2D eigenvalue weighted by atomic mass is 10.1. The van der Waals surface area contributed by atoms with E-state index in [4.69, 9.17) is 10.5 Å². The standard InChI is InChI=1S/C14H11N3O6/c15-13-5-4-11(17(21)22)7-12(13)14(18)23-8-9-2-1-3-10(6-9)16(19)20/h1-7H,8,15H2. The van der Waals surface area contributed by atoms with E-state index in [2.05, 4.69) is 0 Å². The monoisotopic (exact) mass is 317 g/mol. The minimum atomic E-state index is -0.849. The molecule has 2 rings (SSSR count). The topological polar surface area (TPSA) is 139 Å². The number of nitrogens with two attached hydrogens (primary N) is 1. The van der Waals surface area contributed by atoms with Crippen LogP contribution in [0, 0.1) is 20.2 Å². The second kappa shape index (κ2) is 6.52. The summed E-state index contributed by atoms with van der Waals surface area (Å²) in [5.41, 5.74) is 5.51. The van der Waals surface area contributed by atoms with Crippen molar-refractivity contribution in [2.75, 3.05) is 5.73 Å². The maximum atomic E-state index is 12.0. The van der Waals surface area contributed by atoms with Crippen LogP contribution in [0.15, 0.2) is 42.5 Å². The zero-order valence-electron chi connectivity index (χ0n) is 11.7. The zero-order valence-corrected chi connectivity index (χ0v) is 11.7. The molecule has 9 nitrogen and oxygen atoms in total. The number of nitrogens with zero attached hydrogens (tertiary/aromatic N) is 2. The molecule has 0 unspecified atom stereocenters. The highest BCUT2D eigenvalue weighted by Crippen LogP contribution is 2.21. The van der Waals surface area contributed by atoms with E-state index in [9.17, 15) is 25.0 Å². The number of carbonyl (C=O) groups is 1. The lowest BCUT2D eigenvalue weighted by Gasteiger charge is -2.07. The Balaban J connectivity index is 2.14. The summed E-state index contributed by atoms with van der Waals surface area (Å²) < 4.78 is 5.00. The minimum absolute atomic E-state index is 0.0413. The van der Waals surface area contributed by atoms with Crippen molar-refractivity contribution in [2.45, 2.75) is 6.61 Å². The van der Waals surface area contributed by atoms with Crippen LogP contribution in [0.25, 0.3) is 0 Å². The van der Waals surface area contributed by atoms with Gasteiger partial charge in [0.25, 0.3) is 11.4 Å². The molecule has 0 aliphatic rings. The van der Waals surface area contributed by atoms with Gasteiger partial charge in [-0.05, 0) is 11.6 Å². The molecule has 23 heavy (non-hydrogen) atoms. The Kier molecular flexibility index (Phi) is 4.50. The summed E-state index contributed by atoms with van der Waals surface area (Å²) in [5.74, 6) is -0.849. The third kappa shape index (κ3) is 3.79. The van der Waals surface area contributed by atoms with Gasteiger partial charge < -0.3 is 10.5 Å². The van der Waals surface area contributed by atoms with Crippen LogP contribution in [-0.4, -0.2) is 15.8 Å². The molecule has 0 aliphatic heterocycles. The van der Waals surface area contributed by atoms with Gasteiger partial charge in [0, 0.05) is 30.0 Å². The number of esters is 1. The maximum Gasteiger partial charge on any atom is 0.340 e. The summed E-state index contributed by atoms with van der Waals surface area (Å²) in [4.78, 5) is 32.1. The lowest BCUT2D eigenvalue weighted by Crippen LogP contribution is -2.09. The van der Waals surface area contributed by atoms with Gasteiger partial charge in [-0.25, -0.2) is 4.79 Å². The van der Waals surface area contributed by atoms with Crippen LogP contribution in [-0.2, 0) is 11.3 Å². The van der Waals surface area contributed by atoms with Gasteiger partial charge in [-0.3, -0.25) is 20.2 Å². The van der Waals surface area contributed by atoms with E-state index in [-0.39, 0.29) is 29.2 Å². The largest absolute Gasteiger partial charge is 0.457 e. The highest BCUT2D eigenvalue weighted by atomic mass is 16.6. The highest BCUT2D eigenvalue weighted by Gasteiger charge is 2.17. The van der Waals surface area contributed by atoms with Crippen molar-refractivity contribution in [1.29, 1.82) is 0 Å². The molecule has 0 aromatic heterocycles. The Morgan fingerprint density at radius 3 is 2.35 bits per heavy atom. The SMILES string of the molecule is Nc1ccc([N+](=O)[O-])cc1C(=O)OCc1cccc([N+](=O)[O-])c1. The van der Waals surface area contributed by atoms with Crippen molar-refractivity contribution in [2.24, 2.45) is 0 Å². The quantitative estimate of drug-likeness (QED) is 0.386. The van der Waals surface area contributed by atoms with E-state index >= 15 is 0 Å². The molecule has 118 valence electrons. The molecule has 2 aromatic rings. The van der Waals surface area contributed by atoms with Crippen LogP contribution in [0.3, 0.4) is 0 Å². The van der Waals surface area contributed by atoms with Crippen LogP contribution >= 0.6 is 0 Å². The number of non-ortho nitro benzene ring substituents is 2. The lowest BCUT2D eigenvalue weighted by molar-refractivity contribution is -0.385. The summed E-state index contributed by atoms with van der Waals surface area (Å²) in [7, 11) is 0. The van der Waals surface area contributed by atoms with Gasteiger partial charge in [0.05, 0.1) is 15.4 Å². The molecular weight excluding hydrogens is 306 g/mol. The zero-order chi connectivity index (χ0) is 17.0. The number of hydrogen-bond donors (Lipinski definition) is 1. The molecule has 2 aromatic carbocycles. The van der Waals surface area contributed by atoms with Crippen molar-refractivity contribution < 1.29 is 19.4 Å². The van der Waals surface area contributed by atoms with Gasteiger partial charge in [-0.2, -0.15) is 0 Å². The van der Waals surface area contributed by atoms with Gasteiger partial charge in [0.2, 0.25) is 0 Å². The number of nitro benzene ring substituents is 2. The van der Waals surface area contributed by atoms with Crippen LogP contribution in [0.2, 0.25) is 0 Å². The number of ether oxygens (including phenoxy) is 1. The van der Waals surface area contributed by atoms with E-state index < -0.39 is 15.8 Å². The van der Waals surface area contributed by atoms with Crippen molar-refractivity contribution >= 4 is 23.0 Å². The summed E-state index contributed by atoms with van der Waals surface area (Å²) >= 11 is 0. The van der Waals surface area contributed by atoms with Crippen molar-refractivity contribution in [3.05, 3.63) is 73.8 Å². The molecular formula is C14H11N3O6. The molecule has 2 N–H and O–H groups in total. The van der Waals surface area contributed by atoms with E-state index in [1.54, 1.807) is 6.07 Å². The molecule has 0 radical (unpaired) electrons. The van der Waals surface area contributed by atoms with E-state index in [0.29, 0.717) is 5.56 Å². The van der Waals surface area contributed by atoms with Crippen LogP contribution < -0.4 is 5.73 Å². The fourth-order valence-corrected chi connectivity index (χ4v) is 1.82. The molecule has 0 spiro atoms. The molecule has 0 saturated carbocycles. The average Bonchev–Trinajstić information content (AvgIpc) is 2.53. The predicted molar refractivity (Wildman–Crippen MR) is 79.7 cm³/mol. The average molecular weight is 317 g/mol. The van der Waals surface area contributed by atoms with E-state index in [0.717, 1.165) is 6.07 Å². The molecule has 0 aliphatic carbocycles. The Morgan fingerprint density at radius 1 is 1.04 bits per heavy atom. The first-order valence-electron chi connectivity index (χ1n) is 6.33. The first-order valence-corrected chi connectivity index (χ1v) is 6.33. The van der Waals surface area contributed by atoms with Gasteiger partial charge >= 0.3 is 5.97 Å². The van der Waals surface area contributed by atoms with Crippen LogP contribution in [0.1, 0.15) is 15.9 Å². The van der Waals surface area contributed by atoms with Gasteiger partial charge in [-0.15, -0.1) is 0 Å². The third-order valence-electron chi connectivity index (χ3n) is 2.96. The number of hydrogen-bond acceptors (Lipinski definition) is 7.